The quantitative estimate of drug-likeness (QED) is 0.744. The molecular formula is C17H15NOS2. The number of hydrogen-bond donors (Lipinski definition) is 0. The second kappa shape index (κ2) is 5.28. The molecule has 2 aliphatic rings. The van der Waals surface area contributed by atoms with E-state index in [0.717, 1.165) is 22.7 Å². The summed E-state index contributed by atoms with van der Waals surface area (Å²) in [5.41, 5.74) is 3.98. The van der Waals surface area contributed by atoms with Gasteiger partial charge in [-0.15, -0.1) is 22.7 Å². The van der Waals surface area contributed by atoms with Crippen LogP contribution in [0.2, 0.25) is 0 Å². The first-order valence-corrected chi connectivity index (χ1v) is 8.74. The first-order chi connectivity index (χ1) is 10.3. The molecule has 4 rings (SSSR count). The Bertz CT molecular complexity index is 763. The van der Waals surface area contributed by atoms with Crippen LogP contribution >= 0.6 is 22.7 Å². The lowest BCUT2D eigenvalue weighted by Crippen LogP contribution is -1.83. The molecule has 0 spiro atoms. The minimum atomic E-state index is 0.943. The lowest BCUT2D eigenvalue weighted by molar-refractivity contribution is 0.416. The zero-order valence-electron chi connectivity index (χ0n) is 11.8. The summed E-state index contributed by atoms with van der Waals surface area (Å²) >= 11 is 3.54. The van der Waals surface area contributed by atoms with Gasteiger partial charge in [0.05, 0.1) is 17.7 Å². The van der Waals surface area contributed by atoms with Crippen molar-refractivity contribution in [3.8, 4) is 15.5 Å². The van der Waals surface area contributed by atoms with Gasteiger partial charge in [-0.3, -0.25) is 4.99 Å². The third kappa shape index (κ3) is 2.28. The number of hydrogen-bond acceptors (Lipinski definition) is 4. The van der Waals surface area contributed by atoms with Gasteiger partial charge in [0.2, 0.25) is 0 Å². The van der Waals surface area contributed by atoms with E-state index in [1.165, 1.54) is 33.7 Å². The van der Waals surface area contributed by atoms with E-state index in [1.54, 1.807) is 29.8 Å². The van der Waals surface area contributed by atoms with Crippen LogP contribution < -0.4 is 4.74 Å². The normalized spacial score (nSPS) is 18.8. The molecule has 0 radical (unpaired) electrons. The van der Waals surface area contributed by atoms with E-state index in [4.69, 9.17) is 4.74 Å². The van der Waals surface area contributed by atoms with Gasteiger partial charge in [0.15, 0.2) is 0 Å². The number of nitrogens with zero attached hydrogens (tertiary/aromatic N) is 1. The van der Waals surface area contributed by atoms with Crippen molar-refractivity contribution in [2.75, 3.05) is 7.11 Å². The molecule has 0 fully saturated rings. The first-order valence-electron chi connectivity index (χ1n) is 7.05. The molecule has 21 heavy (non-hydrogen) atoms. The van der Waals surface area contributed by atoms with Crippen LogP contribution in [0.15, 0.2) is 45.4 Å². The van der Waals surface area contributed by atoms with E-state index >= 15 is 0 Å². The summed E-state index contributed by atoms with van der Waals surface area (Å²) in [7, 11) is 1.74. The van der Waals surface area contributed by atoms with Crippen molar-refractivity contribution < 1.29 is 4.74 Å². The zero-order chi connectivity index (χ0) is 14.2. The van der Waals surface area contributed by atoms with Crippen LogP contribution in [-0.4, -0.2) is 13.3 Å². The zero-order valence-corrected chi connectivity index (χ0v) is 13.4. The Labute approximate surface area is 132 Å². The largest absolute Gasteiger partial charge is 0.495 e. The SMILES string of the molecule is COc1cc(-c2cccs2)sc1/C=C1/N=CC2=C1CCC2. The summed E-state index contributed by atoms with van der Waals surface area (Å²) in [6, 6.07) is 6.37. The minimum Gasteiger partial charge on any atom is -0.495 e. The number of rotatable bonds is 3. The van der Waals surface area contributed by atoms with Crippen molar-refractivity contribution >= 4 is 35.0 Å². The van der Waals surface area contributed by atoms with Crippen LogP contribution in [-0.2, 0) is 0 Å². The van der Waals surface area contributed by atoms with Gasteiger partial charge >= 0.3 is 0 Å². The Kier molecular flexibility index (Phi) is 3.28. The minimum absolute atomic E-state index is 0.943. The Morgan fingerprint density at radius 1 is 1.29 bits per heavy atom. The van der Waals surface area contributed by atoms with Gasteiger partial charge in [-0.05, 0) is 47.9 Å². The molecule has 0 N–H and O–H groups in total. The van der Waals surface area contributed by atoms with E-state index < -0.39 is 0 Å². The molecule has 0 bridgehead atoms. The van der Waals surface area contributed by atoms with Crippen molar-refractivity contribution in [1.29, 1.82) is 0 Å². The fourth-order valence-electron chi connectivity index (χ4n) is 2.86. The highest BCUT2D eigenvalue weighted by Crippen LogP contribution is 2.42. The molecule has 2 aromatic rings. The van der Waals surface area contributed by atoms with Crippen LogP contribution in [0.1, 0.15) is 24.1 Å². The number of aliphatic imine (C=N–C) groups is 1. The van der Waals surface area contributed by atoms with Crippen LogP contribution in [0.25, 0.3) is 15.8 Å². The monoisotopic (exact) mass is 313 g/mol. The Morgan fingerprint density at radius 2 is 2.24 bits per heavy atom. The second-order valence-corrected chi connectivity index (χ2v) is 7.20. The molecule has 2 nitrogen and oxygen atoms in total. The fraction of sp³-hybridized carbons (Fsp3) is 0.235. The van der Waals surface area contributed by atoms with Crippen LogP contribution in [0.4, 0.5) is 0 Å². The van der Waals surface area contributed by atoms with Gasteiger partial charge in [-0.25, -0.2) is 0 Å². The molecule has 3 heterocycles. The van der Waals surface area contributed by atoms with Gasteiger partial charge < -0.3 is 4.74 Å². The van der Waals surface area contributed by atoms with E-state index in [9.17, 15) is 0 Å². The molecule has 106 valence electrons. The third-order valence-electron chi connectivity index (χ3n) is 3.91. The predicted molar refractivity (Wildman–Crippen MR) is 91.5 cm³/mol. The molecule has 2 aromatic heterocycles. The number of ether oxygens (including phenoxy) is 1. The van der Waals surface area contributed by atoms with Crippen LogP contribution in [0.3, 0.4) is 0 Å². The maximum absolute atomic E-state index is 5.55. The number of methoxy groups -OCH3 is 1. The third-order valence-corrected chi connectivity index (χ3v) is 6.03. The summed E-state index contributed by atoms with van der Waals surface area (Å²) in [5.74, 6) is 0.943. The lowest BCUT2D eigenvalue weighted by Gasteiger charge is -2.00. The van der Waals surface area contributed by atoms with Crippen molar-refractivity contribution in [3.05, 3.63) is 45.3 Å². The highest BCUT2D eigenvalue weighted by Gasteiger charge is 2.21. The topological polar surface area (TPSA) is 21.6 Å². The molecule has 4 heteroatoms. The molecule has 0 amide bonds. The molecule has 1 aliphatic carbocycles. The fourth-order valence-corrected chi connectivity index (χ4v) is 4.75. The molecule has 0 unspecified atom stereocenters. The summed E-state index contributed by atoms with van der Waals surface area (Å²) < 4.78 is 5.55. The lowest BCUT2D eigenvalue weighted by atomic mass is 10.1. The summed E-state index contributed by atoms with van der Waals surface area (Å²) in [6.45, 7) is 0. The second-order valence-electron chi connectivity index (χ2n) is 5.17. The molecule has 1 aliphatic heterocycles. The summed E-state index contributed by atoms with van der Waals surface area (Å²) in [4.78, 5) is 8.29. The Morgan fingerprint density at radius 3 is 3.05 bits per heavy atom. The number of thiophene rings is 2. The van der Waals surface area contributed by atoms with Gasteiger partial charge in [-0.1, -0.05) is 6.07 Å². The molecular weight excluding hydrogens is 298 g/mol. The van der Waals surface area contributed by atoms with Crippen LogP contribution in [0.5, 0.6) is 5.75 Å². The first kappa shape index (κ1) is 13.0. The van der Waals surface area contributed by atoms with Gasteiger partial charge in [0.1, 0.15) is 5.75 Å². The summed E-state index contributed by atoms with van der Waals surface area (Å²) in [6.07, 6.45) is 7.82. The standard InChI is InChI=1S/C17H15NOS2/c1-19-14-9-17(15-6-3-7-20-15)21-16(14)8-13-12-5-2-4-11(12)10-18-13/h3,6-10H,2,4-5H2,1H3/b13-8+. The van der Waals surface area contributed by atoms with Crippen molar-refractivity contribution in [2.45, 2.75) is 19.3 Å². The average molecular weight is 313 g/mol. The van der Waals surface area contributed by atoms with Crippen molar-refractivity contribution in [2.24, 2.45) is 4.99 Å². The Balaban J connectivity index is 1.74. The van der Waals surface area contributed by atoms with Crippen LogP contribution in [0, 0.1) is 0 Å². The average Bonchev–Trinajstić information content (AvgIpc) is 3.25. The van der Waals surface area contributed by atoms with Crippen molar-refractivity contribution in [3.63, 3.8) is 0 Å². The molecule has 0 saturated heterocycles. The maximum atomic E-state index is 5.55. The predicted octanol–water partition coefficient (Wildman–Crippen LogP) is 5.39. The van der Waals surface area contributed by atoms with Gasteiger partial charge in [0.25, 0.3) is 0 Å². The molecule has 0 saturated carbocycles. The van der Waals surface area contributed by atoms with Gasteiger partial charge in [0, 0.05) is 22.0 Å². The van der Waals surface area contributed by atoms with E-state index in [1.807, 2.05) is 6.21 Å². The van der Waals surface area contributed by atoms with Gasteiger partial charge in [-0.2, -0.15) is 0 Å². The molecule has 0 aromatic carbocycles. The van der Waals surface area contributed by atoms with Crippen molar-refractivity contribution in [1.82, 2.24) is 0 Å². The van der Waals surface area contributed by atoms with E-state index in [-0.39, 0.29) is 0 Å². The summed E-state index contributed by atoms with van der Waals surface area (Å²) in [5, 5.41) is 2.11. The maximum Gasteiger partial charge on any atom is 0.137 e. The highest BCUT2D eigenvalue weighted by atomic mass is 32.1. The highest BCUT2D eigenvalue weighted by molar-refractivity contribution is 7.22. The van der Waals surface area contributed by atoms with E-state index in [0.29, 0.717) is 0 Å². The van der Waals surface area contributed by atoms with E-state index in [2.05, 4.69) is 34.6 Å². The molecule has 0 atom stereocenters. The smallest absolute Gasteiger partial charge is 0.137 e. The Hall–Kier alpha value is -1.65. The number of allylic oxidation sites excluding steroid dienone is 2.